The van der Waals surface area contributed by atoms with Crippen LogP contribution >= 0.6 is 0 Å². The molecule has 1 aromatic heterocycles. The molecule has 0 radical (unpaired) electrons. The molecule has 0 bridgehead atoms. The number of benzene rings is 2. The van der Waals surface area contributed by atoms with Crippen LogP contribution in [0, 0.1) is 11.8 Å². The zero-order valence-corrected chi connectivity index (χ0v) is 29.4. The summed E-state index contributed by atoms with van der Waals surface area (Å²) in [5.74, 6) is 2.92. The number of anilines is 1. The maximum absolute atomic E-state index is 11.6. The number of nitrogens with zero attached hydrogens (tertiary/aromatic N) is 3. The van der Waals surface area contributed by atoms with Gasteiger partial charge in [-0.25, -0.2) is 0 Å². The fourth-order valence-electron chi connectivity index (χ4n) is 8.25. The number of carbonyl (C=O) groups excluding carboxylic acids is 2. The topological polar surface area (TPSA) is 85.3 Å². The lowest BCUT2D eigenvalue weighted by molar-refractivity contribution is -0.679. The van der Waals surface area contributed by atoms with Crippen LogP contribution in [0.2, 0.25) is 0 Å². The molecular formula is C42H48N3O6+. The van der Waals surface area contributed by atoms with Gasteiger partial charge < -0.3 is 28.4 Å². The Morgan fingerprint density at radius 3 is 2.71 bits per heavy atom. The highest BCUT2D eigenvalue weighted by molar-refractivity contribution is 5.69. The normalized spacial score (nSPS) is 23.6. The van der Waals surface area contributed by atoms with Crippen molar-refractivity contribution in [3.63, 3.8) is 0 Å². The molecule has 51 heavy (non-hydrogen) atoms. The van der Waals surface area contributed by atoms with Gasteiger partial charge in [-0.05, 0) is 87.1 Å². The number of esters is 1. The van der Waals surface area contributed by atoms with Crippen LogP contribution in [0.15, 0.2) is 113 Å². The molecule has 1 fully saturated rings. The van der Waals surface area contributed by atoms with Crippen LogP contribution in [-0.4, -0.2) is 49.2 Å². The SMILES string of the molecule is CC(=O)OCC[n+]1c(/C=C/C2CCC(C/C=C3\OC4=C(C=CCC4)N3CCOC=O)C2N(c2ccccc2)C2CC=CCC2)oc2ccccc21. The monoisotopic (exact) mass is 690 g/mol. The Hall–Kier alpha value is -5.05. The molecule has 1 aliphatic heterocycles. The zero-order chi connectivity index (χ0) is 35.0. The van der Waals surface area contributed by atoms with Crippen molar-refractivity contribution in [3.05, 3.63) is 114 Å². The summed E-state index contributed by atoms with van der Waals surface area (Å²) >= 11 is 0. The number of allylic oxidation sites excluding steroid dienone is 5. The second-order valence-corrected chi connectivity index (χ2v) is 13.7. The lowest BCUT2D eigenvalue weighted by Crippen LogP contribution is -2.48. The third-order valence-electron chi connectivity index (χ3n) is 10.5. The number of ether oxygens (including phenoxy) is 3. The largest absolute Gasteiger partial charge is 0.466 e. The number of aromatic nitrogens is 1. The summed E-state index contributed by atoms with van der Waals surface area (Å²) in [6, 6.07) is 19.5. The Kier molecular flexibility index (Phi) is 11.0. The molecule has 4 aliphatic rings. The van der Waals surface area contributed by atoms with E-state index in [1.807, 2.05) is 24.3 Å². The van der Waals surface area contributed by atoms with E-state index < -0.39 is 0 Å². The molecule has 2 aromatic carbocycles. The van der Waals surface area contributed by atoms with Crippen molar-refractivity contribution in [1.29, 1.82) is 0 Å². The highest BCUT2D eigenvalue weighted by Crippen LogP contribution is 2.44. The van der Waals surface area contributed by atoms with Gasteiger partial charge in [0.1, 0.15) is 12.4 Å². The number of carbonyl (C=O) groups is 2. The molecule has 1 saturated carbocycles. The summed E-state index contributed by atoms with van der Waals surface area (Å²) < 4.78 is 25.4. The minimum atomic E-state index is -0.290. The molecule has 0 saturated heterocycles. The predicted octanol–water partition coefficient (Wildman–Crippen LogP) is 7.61. The van der Waals surface area contributed by atoms with E-state index in [9.17, 15) is 9.59 Å². The fourth-order valence-corrected chi connectivity index (χ4v) is 8.25. The van der Waals surface area contributed by atoms with Gasteiger partial charge in [0.05, 0.1) is 12.2 Å². The smallest absolute Gasteiger partial charge is 0.373 e. The highest BCUT2D eigenvalue weighted by Gasteiger charge is 2.42. The van der Waals surface area contributed by atoms with Gasteiger partial charge in [0.2, 0.25) is 5.58 Å². The van der Waals surface area contributed by atoms with E-state index in [1.165, 1.54) is 12.6 Å². The van der Waals surface area contributed by atoms with Crippen LogP contribution in [-0.2, 0) is 30.3 Å². The molecule has 9 nitrogen and oxygen atoms in total. The minimum absolute atomic E-state index is 0.242. The molecule has 0 N–H and O–H groups in total. The van der Waals surface area contributed by atoms with Crippen molar-refractivity contribution >= 4 is 35.3 Å². The van der Waals surface area contributed by atoms with E-state index in [4.69, 9.17) is 18.6 Å². The maximum Gasteiger partial charge on any atom is 0.373 e. The molecule has 2 heterocycles. The first-order valence-corrected chi connectivity index (χ1v) is 18.4. The van der Waals surface area contributed by atoms with E-state index in [0.29, 0.717) is 38.1 Å². The Bertz CT molecular complexity index is 1840. The number of rotatable bonds is 14. The summed E-state index contributed by atoms with van der Waals surface area (Å²) in [5.41, 5.74) is 4.10. The molecule has 4 unspecified atom stereocenters. The summed E-state index contributed by atoms with van der Waals surface area (Å²) in [4.78, 5) is 27.4. The van der Waals surface area contributed by atoms with Crippen LogP contribution in [0.5, 0.6) is 0 Å². The molecule has 4 atom stereocenters. The predicted molar refractivity (Wildman–Crippen MR) is 196 cm³/mol. The molecular weight excluding hydrogens is 642 g/mol. The fraction of sp³-hybridized carbons (Fsp3) is 0.405. The molecule has 7 rings (SSSR count). The zero-order valence-electron chi connectivity index (χ0n) is 29.4. The second-order valence-electron chi connectivity index (χ2n) is 13.7. The summed E-state index contributed by atoms with van der Waals surface area (Å²) in [7, 11) is 0. The first kappa shape index (κ1) is 34.4. The number of oxazole rings is 1. The Balaban J connectivity index is 1.21. The van der Waals surface area contributed by atoms with E-state index in [0.717, 1.165) is 85.7 Å². The molecule has 0 spiro atoms. The summed E-state index contributed by atoms with van der Waals surface area (Å²) in [6.45, 7) is 3.58. The Morgan fingerprint density at radius 1 is 1.02 bits per heavy atom. The number of hydrogen-bond donors (Lipinski definition) is 0. The van der Waals surface area contributed by atoms with Gasteiger partial charge in [0, 0.05) is 43.3 Å². The van der Waals surface area contributed by atoms with Crippen LogP contribution in [0.4, 0.5) is 5.69 Å². The van der Waals surface area contributed by atoms with Crippen LogP contribution < -0.4 is 9.47 Å². The van der Waals surface area contributed by atoms with Gasteiger partial charge in [0.25, 0.3) is 12.0 Å². The second kappa shape index (κ2) is 16.3. The van der Waals surface area contributed by atoms with Crippen molar-refractivity contribution in [2.24, 2.45) is 11.8 Å². The maximum atomic E-state index is 11.6. The summed E-state index contributed by atoms with van der Waals surface area (Å²) in [6.07, 6.45) is 23.7. The summed E-state index contributed by atoms with van der Waals surface area (Å²) in [5, 5.41) is 0. The highest BCUT2D eigenvalue weighted by atomic mass is 16.5. The van der Waals surface area contributed by atoms with E-state index in [1.54, 1.807) is 0 Å². The van der Waals surface area contributed by atoms with E-state index >= 15 is 0 Å². The minimum Gasteiger partial charge on any atom is -0.466 e. The third-order valence-corrected chi connectivity index (χ3v) is 10.5. The Labute approximate surface area is 300 Å². The van der Waals surface area contributed by atoms with Crippen molar-refractivity contribution in [2.45, 2.75) is 76.9 Å². The van der Waals surface area contributed by atoms with Crippen molar-refractivity contribution in [1.82, 2.24) is 4.90 Å². The lowest BCUT2D eigenvalue weighted by atomic mass is 9.88. The van der Waals surface area contributed by atoms with Crippen molar-refractivity contribution < 1.29 is 32.8 Å². The molecule has 9 heteroatoms. The molecule has 0 amide bonds. The van der Waals surface area contributed by atoms with Gasteiger partial charge in [-0.15, -0.1) is 0 Å². The first-order valence-electron chi connectivity index (χ1n) is 18.4. The van der Waals surface area contributed by atoms with Gasteiger partial charge in [0.15, 0.2) is 19.0 Å². The molecule has 266 valence electrons. The molecule has 3 aliphatic carbocycles. The first-order chi connectivity index (χ1) is 25.1. The number of hydrogen-bond acceptors (Lipinski definition) is 8. The Morgan fingerprint density at radius 2 is 1.88 bits per heavy atom. The van der Waals surface area contributed by atoms with Gasteiger partial charge in [-0.3, -0.25) is 9.59 Å². The van der Waals surface area contributed by atoms with Gasteiger partial charge in [-0.1, -0.05) is 54.6 Å². The quantitative estimate of drug-likeness (QED) is 0.0562. The van der Waals surface area contributed by atoms with E-state index in [-0.39, 0.29) is 24.5 Å². The van der Waals surface area contributed by atoms with Crippen molar-refractivity contribution in [3.8, 4) is 0 Å². The van der Waals surface area contributed by atoms with Crippen LogP contribution in [0.25, 0.3) is 17.2 Å². The third kappa shape index (κ3) is 7.82. The van der Waals surface area contributed by atoms with Crippen LogP contribution in [0.1, 0.15) is 64.2 Å². The van der Waals surface area contributed by atoms with Crippen molar-refractivity contribution in [2.75, 3.05) is 24.7 Å². The standard InChI is InChI=1S/C42H48N3O6/c1-31(47)49-29-27-44-37-17-9-11-19-39(37)51-41(44)25-23-33-21-20-32(42(33)45(34-12-4-2-5-13-34)35-14-6-3-7-15-35)22-24-40-43(26-28-48-30-46)36-16-8-10-18-38(36)50-40/h2-6,8-9,11-13,16-17,19,23-25,30,32-33,35,42H,7,10,14-15,18,20-22,26-29H2,1H3/q+1/b25-23+,40-24-. The van der Waals surface area contributed by atoms with Gasteiger partial charge in [-0.2, -0.15) is 4.57 Å². The average molecular weight is 691 g/mol. The number of para-hydroxylation sites is 3. The average Bonchev–Trinajstić information content (AvgIpc) is 3.84. The molecule has 3 aromatic rings. The lowest BCUT2D eigenvalue weighted by Gasteiger charge is -2.44. The number of fused-ring (bicyclic) bond motifs is 1. The van der Waals surface area contributed by atoms with E-state index in [2.05, 4.69) is 87.2 Å². The van der Waals surface area contributed by atoms with Gasteiger partial charge >= 0.3 is 11.9 Å². The van der Waals surface area contributed by atoms with Crippen LogP contribution in [0.3, 0.4) is 0 Å².